The van der Waals surface area contributed by atoms with E-state index in [-0.39, 0.29) is 39.5 Å². The second-order valence-corrected chi connectivity index (χ2v) is 14.9. The molecular formula is C29H32ClN6O6P. The molecule has 1 heterocycles. The summed E-state index contributed by atoms with van der Waals surface area (Å²) in [5, 5.41) is 21.7. The van der Waals surface area contributed by atoms with Gasteiger partial charge in [-0.2, -0.15) is 4.98 Å². The van der Waals surface area contributed by atoms with Gasteiger partial charge >= 0.3 is 6.09 Å². The Morgan fingerprint density at radius 2 is 1.86 bits per heavy atom. The van der Waals surface area contributed by atoms with E-state index in [0.717, 1.165) is 0 Å². The van der Waals surface area contributed by atoms with Crippen LogP contribution in [0.4, 0.5) is 33.6 Å². The highest BCUT2D eigenvalue weighted by Crippen LogP contribution is 2.39. The number of nitro benzene ring substituents is 1. The highest BCUT2D eigenvalue weighted by Gasteiger charge is 2.44. The summed E-state index contributed by atoms with van der Waals surface area (Å²) >= 11 is 6.35. The van der Waals surface area contributed by atoms with E-state index in [1.54, 1.807) is 58.4 Å². The average Bonchev–Trinajstić information content (AvgIpc) is 3.67. The van der Waals surface area contributed by atoms with Gasteiger partial charge in [-0.05, 0) is 59.1 Å². The first-order valence-electron chi connectivity index (χ1n) is 13.2. The van der Waals surface area contributed by atoms with Crippen molar-refractivity contribution in [3.63, 3.8) is 0 Å². The third-order valence-electron chi connectivity index (χ3n) is 6.17. The molecule has 1 aliphatic rings. The second kappa shape index (κ2) is 12.1. The summed E-state index contributed by atoms with van der Waals surface area (Å²) < 4.78 is 23.6. The average molecular weight is 627 g/mol. The van der Waals surface area contributed by atoms with E-state index in [0.29, 0.717) is 23.8 Å². The SMILES string of the molecule is COc1cc(C#CC2(NC(=O)OC(C)(C)C)CC2)c([N+](=O)[O-])cc1Nc1ncc(Cl)c(Nc2ccccc2P(C)(C)=O)n1. The number of rotatable bonds is 8. The number of para-hydroxylation sites is 1. The van der Waals surface area contributed by atoms with Crippen molar-refractivity contribution in [1.82, 2.24) is 15.3 Å². The topological polar surface area (TPSA) is 158 Å². The van der Waals surface area contributed by atoms with Crippen LogP contribution in [0, 0.1) is 22.0 Å². The molecular weight excluding hydrogens is 595 g/mol. The minimum Gasteiger partial charge on any atom is -0.495 e. The Morgan fingerprint density at radius 3 is 2.47 bits per heavy atom. The third-order valence-corrected chi connectivity index (χ3v) is 8.00. The van der Waals surface area contributed by atoms with Crippen LogP contribution in [-0.4, -0.2) is 52.6 Å². The number of aromatic nitrogens is 2. The zero-order valence-electron chi connectivity index (χ0n) is 24.6. The minimum absolute atomic E-state index is 0.0745. The molecule has 0 atom stereocenters. The van der Waals surface area contributed by atoms with Crippen molar-refractivity contribution in [3.05, 3.63) is 63.3 Å². The lowest BCUT2D eigenvalue weighted by atomic mass is 10.1. The van der Waals surface area contributed by atoms with Crippen LogP contribution in [0.15, 0.2) is 42.6 Å². The molecule has 0 radical (unpaired) electrons. The number of carbonyl (C=O) groups excluding carboxylic acids is 1. The zero-order valence-corrected chi connectivity index (χ0v) is 26.2. The van der Waals surface area contributed by atoms with Crippen LogP contribution in [0.1, 0.15) is 39.2 Å². The molecule has 0 aliphatic heterocycles. The Hall–Kier alpha value is -4.33. The number of alkyl carbamates (subject to hydrolysis) is 1. The Balaban J connectivity index is 1.62. The Bertz CT molecular complexity index is 1690. The number of methoxy groups -OCH3 is 1. The fraction of sp³-hybridized carbons (Fsp3) is 0.345. The van der Waals surface area contributed by atoms with Crippen LogP contribution in [0.5, 0.6) is 5.75 Å². The maximum Gasteiger partial charge on any atom is 0.408 e. The number of halogens is 1. The quantitative estimate of drug-likeness (QED) is 0.114. The lowest BCUT2D eigenvalue weighted by Crippen LogP contribution is -2.39. The molecule has 1 aromatic heterocycles. The van der Waals surface area contributed by atoms with Gasteiger partial charge in [-0.15, -0.1) is 0 Å². The number of ether oxygens (including phenoxy) is 2. The lowest BCUT2D eigenvalue weighted by molar-refractivity contribution is -0.385. The van der Waals surface area contributed by atoms with E-state index >= 15 is 0 Å². The van der Waals surface area contributed by atoms with Gasteiger partial charge in [0, 0.05) is 17.4 Å². The second-order valence-electron chi connectivity index (χ2n) is 11.3. The van der Waals surface area contributed by atoms with Crippen molar-refractivity contribution in [2.24, 2.45) is 0 Å². The van der Waals surface area contributed by atoms with Crippen molar-refractivity contribution in [2.75, 3.05) is 31.1 Å². The van der Waals surface area contributed by atoms with Gasteiger partial charge in [0.25, 0.3) is 5.69 Å². The summed E-state index contributed by atoms with van der Waals surface area (Å²) in [5.74, 6) is 6.36. The Labute approximate surface area is 254 Å². The van der Waals surface area contributed by atoms with Crippen LogP contribution in [0.25, 0.3) is 0 Å². The van der Waals surface area contributed by atoms with Crippen LogP contribution >= 0.6 is 18.7 Å². The van der Waals surface area contributed by atoms with Crippen LogP contribution in [-0.2, 0) is 9.30 Å². The van der Waals surface area contributed by atoms with Crippen molar-refractivity contribution in [2.45, 2.75) is 44.8 Å². The maximum absolute atomic E-state index is 12.8. The molecule has 0 unspecified atom stereocenters. The van der Waals surface area contributed by atoms with Crippen molar-refractivity contribution >= 4 is 59.0 Å². The Kier molecular flexibility index (Phi) is 8.90. The monoisotopic (exact) mass is 626 g/mol. The number of amides is 1. The van der Waals surface area contributed by atoms with Gasteiger partial charge < -0.3 is 30.0 Å². The molecule has 14 heteroatoms. The van der Waals surface area contributed by atoms with E-state index in [2.05, 4.69) is 37.8 Å². The number of nitrogens with zero attached hydrogens (tertiary/aromatic N) is 3. The first-order chi connectivity index (χ1) is 20.1. The standard InChI is InChI=1S/C29H32ClN6O6P/c1-28(2,3)42-27(37)35-29(13-14-29)12-11-18-15-23(41-4)21(16-22(18)36(38)39)33-26-31-17-19(30)25(34-26)32-20-9-7-8-10-24(20)43(5,6)40/h7-10,15-17H,13-14H2,1-6H3,(H,35,37)(H2,31,32,33,34). The van der Waals surface area contributed by atoms with Crippen LogP contribution in [0.2, 0.25) is 5.02 Å². The molecule has 1 aliphatic carbocycles. The molecule has 1 fully saturated rings. The highest BCUT2D eigenvalue weighted by atomic mass is 35.5. The zero-order chi connectivity index (χ0) is 31.6. The number of nitro groups is 1. The van der Waals surface area contributed by atoms with Gasteiger partial charge in [0.2, 0.25) is 5.95 Å². The van der Waals surface area contributed by atoms with Crippen molar-refractivity contribution in [1.29, 1.82) is 0 Å². The van der Waals surface area contributed by atoms with E-state index in [9.17, 15) is 19.5 Å². The number of nitrogens with one attached hydrogen (secondary N) is 3. The molecule has 12 nitrogen and oxygen atoms in total. The number of anilines is 4. The molecule has 43 heavy (non-hydrogen) atoms. The maximum atomic E-state index is 12.8. The molecule has 4 rings (SSSR count). The normalized spacial score (nSPS) is 13.7. The number of hydrogen-bond acceptors (Lipinski definition) is 10. The lowest BCUT2D eigenvalue weighted by Gasteiger charge is -2.21. The van der Waals surface area contributed by atoms with Gasteiger partial charge in [0.15, 0.2) is 5.82 Å². The summed E-state index contributed by atoms with van der Waals surface area (Å²) in [6, 6.07) is 9.83. The Morgan fingerprint density at radius 1 is 1.16 bits per heavy atom. The molecule has 1 amide bonds. The summed E-state index contributed by atoms with van der Waals surface area (Å²) in [7, 11) is -1.20. The molecule has 0 spiro atoms. The van der Waals surface area contributed by atoms with Gasteiger partial charge in [-0.3, -0.25) is 10.1 Å². The fourth-order valence-electron chi connectivity index (χ4n) is 3.99. The molecule has 226 valence electrons. The molecule has 3 aromatic rings. The molecule has 1 saturated carbocycles. The number of benzene rings is 2. The largest absolute Gasteiger partial charge is 0.495 e. The smallest absolute Gasteiger partial charge is 0.408 e. The van der Waals surface area contributed by atoms with Gasteiger partial charge in [-0.25, -0.2) is 9.78 Å². The van der Waals surface area contributed by atoms with Crippen molar-refractivity contribution < 1.29 is 23.8 Å². The number of hydrogen-bond donors (Lipinski definition) is 3. The summed E-state index contributed by atoms with van der Waals surface area (Å²) in [5.41, 5.74) is -0.882. The molecule has 2 aromatic carbocycles. The van der Waals surface area contributed by atoms with Gasteiger partial charge in [-0.1, -0.05) is 35.6 Å². The van der Waals surface area contributed by atoms with Gasteiger partial charge in [0.1, 0.15) is 34.6 Å². The molecule has 3 N–H and O–H groups in total. The summed E-state index contributed by atoms with van der Waals surface area (Å²) in [4.78, 5) is 32.3. The third kappa shape index (κ3) is 8.15. The number of carbonyl (C=O) groups is 1. The van der Waals surface area contributed by atoms with E-state index < -0.39 is 29.3 Å². The molecule has 0 saturated heterocycles. The fourth-order valence-corrected chi connectivity index (χ4v) is 5.28. The van der Waals surface area contributed by atoms with Crippen LogP contribution < -0.4 is 26.0 Å². The highest BCUT2D eigenvalue weighted by molar-refractivity contribution is 7.70. The summed E-state index contributed by atoms with van der Waals surface area (Å²) in [6.45, 7) is 8.59. The first kappa shape index (κ1) is 31.6. The predicted molar refractivity (Wildman–Crippen MR) is 167 cm³/mol. The van der Waals surface area contributed by atoms with E-state index in [1.165, 1.54) is 25.4 Å². The molecule has 0 bridgehead atoms. The summed E-state index contributed by atoms with van der Waals surface area (Å²) in [6.07, 6.45) is 1.94. The first-order valence-corrected chi connectivity index (χ1v) is 16.2. The van der Waals surface area contributed by atoms with E-state index in [4.69, 9.17) is 21.1 Å². The van der Waals surface area contributed by atoms with Crippen LogP contribution in [0.3, 0.4) is 0 Å². The van der Waals surface area contributed by atoms with Gasteiger partial charge in [0.05, 0.1) is 29.6 Å². The predicted octanol–water partition coefficient (Wildman–Crippen LogP) is 6.19. The van der Waals surface area contributed by atoms with E-state index in [1.807, 2.05) is 0 Å². The minimum atomic E-state index is -2.62. The van der Waals surface area contributed by atoms with Crippen molar-refractivity contribution in [3.8, 4) is 17.6 Å².